The maximum atomic E-state index is 13.4. The first-order valence-corrected chi connectivity index (χ1v) is 12.2. The van der Waals surface area contributed by atoms with Crippen LogP contribution in [0.25, 0.3) is 32.7 Å². The van der Waals surface area contributed by atoms with Crippen molar-refractivity contribution < 1.29 is 8.95 Å². The van der Waals surface area contributed by atoms with E-state index in [0.29, 0.717) is 0 Å². The summed E-state index contributed by atoms with van der Waals surface area (Å²) in [6, 6.07) is 23.1. The highest BCUT2D eigenvalue weighted by Gasteiger charge is 2.22. The smallest absolute Gasteiger partial charge is 0.127 e. The van der Waals surface area contributed by atoms with Crippen molar-refractivity contribution in [2.75, 3.05) is 7.11 Å². The molecule has 0 saturated heterocycles. The second-order valence-corrected chi connectivity index (χ2v) is 10.7. The number of hydrogen-bond donors (Lipinski definition) is 1. The normalized spacial score (nSPS) is 13.1. The van der Waals surface area contributed by atoms with Gasteiger partial charge in [-0.25, -0.2) is 8.93 Å². The van der Waals surface area contributed by atoms with Crippen LogP contribution in [0.15, 0.2) is 71.6 Å². The molecule has 0 heterocycles. The lowest BCUT2D eigenvalue weighted by atomic mass is 9.84. The summed E-state index contributed by atoms with van der Waals surface area (Å²) < 4.78 is 22.4. The number of hydrogen-bond acceptors (Lipinski definition) is 2. The zero-order chi connectivity index (χ0) is 23.0. The second kappa shape index (κ2) is 8.68. The highest BCUT2D eigenvalue weighted by atomic mass is 32.2. The number of ether oxygens (including phenoxy) is 1. The summed E-state index contributed by atoms with van der Waals surface area (Å²) in [5.74, 6) is 0.778. The first kappa shape index (κ1) is 22.5. The van der Waals surface area contributed by atoms with Gasteiger partial charge >= 0.3 is 0 Å². The molecule has 0 aromatic heterocycles. The van der Waals surface area contributed by atoms with E-state index in [-0.39, 0.29) is 11.5 Å². The summed E-state index contributed by atoms with van der Waals surface area (Å²) in [5, 5.41) is 4.42. The van der Waals surface area contributed by atoms with Crippen molar-refractivity contribution in [3.8, 4) is 16.9 Å². The van der Waals surface area contributed by atoms with Crippen LogP contribution in [0.3, 0.4) is 0 Å². The zero-order valence-electron chi connectivity index (χ0n) is 19.7. The molecule has 0 saturated carbocycles. The summed E-state index contributed by atoms with van der Waals surface area (Å²) in [6.07, 6.45) is 0. The molecule has 0 bridgehead atoms. The van der Waals surface area contributed by atoms with Gasteiger partial charge in [-0.15, -0.1) is 0 Å². The lowest BCUT2D eigenvalue weighted by Crippen LogP contribution is -2.25. The van der Waals surface area contributed by atoms with Crippen LogP contribution in [0.5, 0.6) is 5.75 Å². The van der Waals surface area contributed by atoms with E-state index in [0.717, 1.165) is 43.3 Å². The lowest BCUT2D eigenvalue weighted by Gasteiger charge is -2.22. The SMILES string of the molecule is COc1ccc2cc(C(C)(C)C)ccc2c1-c1c(S(=O)NC(C)C)ccc2ccccc12. The molecule has 0 aliphatic rings. The fourth-order valence-corrected chi connectivity index (χ4v) is 5.29. The molecule has 0 fully saturated rings. The summed E-state index contributed by atoms with van der Waals surface area (Å²) in [4.78, 5) is 0.767. The molecule has 0 radical (unpaired) electrons. The van der Waals surface area contributed by atoms with Gasteiger partial charge in [-0.05, 0) is 58.5 Å². The van der Waals surface area contributed by atoms with E-state index in [9.17, 15) is 4.21 Å². The van der Waals surface area contributed by atoms with E-state index in [1.807, 2.05) is 44.2 Å². The minimum absolute atomic E-state index is 0.0571. The van der Waals surface area contributed by atoms with Crippen molar-refractivity contribution in [2.45, 2.75) is 51.0 Å². The van der Waals surface area contributed by atoms with Crippen molar-refractivity contribution in [1.29, 1.82) is 0 Å². The van der Waals surface area contributed by atoms with Crippen LogP contribution >= 0.6 is 0 Å². The van der Waals surface area contributed by atoms with Gasteiger partial charge in [-0.1, -0.05) is 75.4 Å². The van der Waals surface area contributed by atoms with Gasteiger partial charge in [-0.2, -0.15) is 0 Å². The third-order valence-corrected chi connectivity index (χ3v) is 7.18. The lowest BCUT2D eigenvalue weighted by molar-refractivity contribution is 0.417. The number of benzene rings is 4. The molecule has 0 aliphatic heterocycles. The van der Waals surface area contributed by atoms with Crippen molar-refractivity contribution >= 4 is 32.5 Å². The fourth-order valence-electron chi connectivity index (χ4n) is 4.15. The van der Waals surface area contributed by atoms with Gasteiger partial charge in [0.05, 0.1) is 12.0 Å². The largest absolute Gasteiger partial charge is 0.496 e. The van der Waals surface area contributed by atoms with Gasteiger partial charge in [0.15, 0.2) is 0 Å². The topological polar surface area (TPSA) is 38.3 Å². The van der Waals surface area contributed by atoms with Crippen LogP contribution in [0.2, 0.25) is 0 Å². The van der Waals surface area contributed by atoms with Gasteiger partial charge in [0, 0.05) is 17.2 Å². The molecule has 3 nitrogen and oxygen atoms in total. The Bertz CT molecular complexity index is 1320. The van der Waals surface area contributed by atoms with Crippen molar-refractivity contribution in [3.05, 3.63) is 72.3 Å². The summed E-state index contributed by atoms with van der Waals surface area (Å²) >= 11 is 0. The Hall–Kier alpha value is -2.69. The maximum Gasteiger partial charge on any atom is 0.127 e. The molecule has 32 heavy (non-hydrogen) atoms. The fraction of sp³-hybridized carbons (Fsp3) is 0.286. The maximum absolute atomic E-state index is 13.4. The van der Waals surface area contributed by atoms with Crippen LogP contribution in [0.4, 0.5) is 0 Å². The molecule has 4 heteroatoms. The summed E-state index contributed by atoms with van der Waals surface area (Å²) in [7, 11) is 0.338. The summed E-state index contributed by atoms with van der Waals surface area (Å²) in [5.41, 5.74) is 3.28. The molecule has 1 unspecified atom stereocenters. The Kier molecular flexibility index (Phi) is 6.11. The average Bonchev–Trinajstić information content (AvgIpc) is 2.76. The molecule has 4 aromatic rings. The number of methoxy groups -OCH3 is 1. The minimum atomic E-state index is -1.36. The van der Waals surface area contributed by atoms with Gasteiger partial charge in [0.1, 0.15) is 16.7 Å². The zero-order valence-corrected chi connectivity index (χ0v) is 20.5. The second-order valence-electron chi connectivity index (χ2n) is 9.53. The van der Waals surface area contributed by atoms with Gasteiger partial charge in [0.2, 0.25) is 0 Å². The molecule has 0 aliphatic carbocycles. The van der Waals surface area contributed by atoms with Crippen LogP contribution in [-0.2, 0) is 16.4 Å². The van der Waals surface area contributed by atoms with Gasteiger partial charge < -0.3 is 4.74 Å². The molecule has 0 spiro atoms. The molecular weight excluding hydrogens is 414 g/mol. The highest BCUT2D eigenvalue weighted by molar-refractivity contribution is 7.83. The molecule has 4 rings (SSSR count). The molecule has 1 atom stereocenters. The monoisotopic (exact) mass is 445 g/mol. The first-order chi connectivity index (χ1) is 15.2. The molecule has 166 valence electrons. The Morgan fingerprint density at radius 1 is 0.844 bits per heavy atom. The van der Waals surface area contributed by atoms with Crippen LogP contribution in [0, 0.1) is 0 Å². The van der Waals surface area contributed by atoms with Gasteiger partial charge in [0.25, 0.3) is 0 Å². The molecule has 0 amide bonds. The molecule has 4 aromatic carbocycles. The summed E-state index contributed by atoms with van der Waals surface area (Å²) in [6.45, 7) is 10.7. The Morgan fingerprint density at radius 3 is 2.22 bits per heavy atom. The predicted molar refractivity (Wildman–Crippen MR) is 137 cm³/mol. The van der Waals surface area contributed by atoms with Crippen LogP contribution in [-0.4, -0.2) is 17.4 Å². The number of rotatable bonds is 5. The van der Waals surface area contributed by atoms with E-state index >= 15 is 0 Å². The molecular formula is C28H31NO2S. The number of fused-ring (bicyclic) bond motifs is 2. The third-order valence-electron chi connectivity index (χ3n) is 5.75. The van der Waals surface area contributed by atoms with Crippen LogP contribution in [0.1, 0.15) is 40.2 Å². The van der Waals surface area contributed by atoms with E-state index in [1.165, 1.54) is 5.56 Å². The number of nitrogens with one attached hydrogen (secondary N) is 1. The van der Waals surface area contributed by atoms with Gasteiger partial charge in [-0.3, -0.25) is 0 Å². The highest BCUT2D eigenvalue weighted by Crippen LogP contribution is 2.44. The Balaban J connectivity index is 2.11. The van der Waals surface area contributed by atoms with Crippen LogP contribution < -0.4 is 9.46 Å². The van der Waals surface area contributed by atoms with E-state index in [1.54, 1.807) is 7.11 Å². The Labute approximate surface area is 193 Å². The third kappa shape index (κ3) is 4.17. The van der Waals surface area contributed by atoms with Crippen molar-refractivity contribution in [1.82, 2.24) is 4.72 Å². The Morgan fingerprint density at radius 2 is 1.53 bits per heavy atom. The predicted octanol–water partition coefficient (Wildman–Crippen LogP) is 6.99. The van der Waals surface area contributed by atoms with Crippen molar-refractivity contribution in [2.24, 2.45) is 0 Å². The average molecular weight is 446 g/mol. The van der Waals surface area contributed by atoms with E-state index in [4.69, 9.17) is 4.74 Å². The minimum Gasteiger partial charge on any atom is -0.496 e. The molecule has 1 N–H and O–H groups in total. The first-order valence-electron chi connectivity index (χ1n) is 11.0. The van der Waals surface area contributed by atoms with Crippen molar-refractivity contribution in [3.63, 3.8) is 0 Å². The van der Waals surface area contributed by atoms with E-state index < -0.39 is 11.0 Å². The van der Waals surface area contributed by atoms with E-state index in [2.05, 4.69) is 61.9 Å². The standard InChI is InChI=1S/C28H31NO2S/c1-18(2)29-32(30)25-16-12-19-9-7-8-10-22(19)27(25)26-23-14-13-21(28(3,4)5)17-20(23)11-15-24(26)31-6/h7-18,29H,1-6H3. The quantitative estimate of drug-likeness (QED) is 0.360.